The van der Waals surface area contributed by atoms with Gasteiger partial charge in [0.05, 0.1) is 37.4 Å². The number of phosphoric acid groups is 1. The number of hydrogen-bond donors (Lipinski definition) is 8. The van der Waals surface area contributed by atoms with Gasteiger partial charge in [-0.2, -0.15) is 0 Å². The molecule has 0 saturated heterocycles. The molecule has 2 atom stereocenters. The number of rotatable bonds is 26. The summed E-state index contributed by atoms with van der Waals surface area (Å²) in [5, 5.41) is 11.1. The Bertz CT molecular complexity index is 1240. The molecule has 0 rings (SSSR count). The lowest BCUT2D eigenvalue weighted by molar-refractivity contribution is -0.160. The smallest absolute Gasteiger partial charge is 0.462 e. The number of hydrogen-bond acceptors (Lipinski definition) is 14. The highest BCUT2D eigenvalue weighted by Crippen LogP contribution is 2.69. The molecule has 0 saturated carbocycles. The summed E-state index contributed by atoms with van der Waals surface area (Å²) < 4.78 is 65.9. The third kappa shape index (κ3) is 19.7. The van der Waals surface area contributed by atoms with Gasteiger partial charge in [0, 0.05) is 32.4 Å². The summed E-state index contributed by atoms with van der Waals surface area (Å²) >= 11 is 0. The first-order chi connectivity index (χ1) is 22.7. The minimum Gasteiger partial charge on any atom is -0.462 e. The van der Waals surface area contributed by atoms with Gasteiger partial charge in [-0.3, -0.25) is 37.4 Å². The monoisotopic (exact) mass is 788 g/mol. The third-order valence-corrected chi connectivity index (χ3v) is 11.2. The van der Waals surface area contributed by atoms with E-state index in [1.165, 1.54) is 6.92 Å². The highest BCUT2D eigenvalue weighted by atomic mass is 31.2. The van der Waals surface area contributed by atoms with E-state index in [0.29, 0.717) is 0 Å². The lowest BCUT2D eigenvalue weighted by atomic mass is 10.0. The van der Waals surface area contributed by atoms with Gasteiger partial charge in [0.1, 0.15) is 13.2 Å². The highest BCUT2D eigenvalue weighted by molar-refractivity contribution is 7.72. The van der Waals surface area contributed by atoms with Crippen molar-refractivity contribution in [2.24, 2.45) is 0 Å². The molecule has 8 N–H and O–H groups in total. The average Bonchev–Trinajstić information content (AvgIpc) is 2.99. The summed E-state index contributed by atoms with van der Waals surface area (Å²) in [6, 6.07) is 0. The van der Waals surface area contributed by atoms with E-state index >= 15 is 0 Å². The van der Waals surface area contributed by atoms with E-state index in [1.54, 1.807) is 34.6 Å². The molecule has 0 aromatic heterocycles. The van der Waals surface area contributed by atoms with E-state index in [-0.39, 0.29) is 45.4 Å². The van der Waals surface area contributed by atoms with Crippen molar-refractivity contribution in [1.29, 1.82) is 0 Å². The normalized spacial score (nSPS) is 14.7. The molecule has 24 heteroatoms. The quantitative estimate of drug-likeness (QED) is 0.0334. The van der Waals surface area contributed by atoms with Crippen LogP contribution in [0.25, 0.3) is 0 Å². The second-order valence-electron chi connectivity index (χ2n) is 12.0. The highest BCUT2D eigenvalue weighted by Gasteiger charge is 2.58. The van der Waals surface area contributed by atoms with Crippen LogP contribution in [0.5, 0.6) is 0 Å². The topological polar surface area (TPSA) is 320 Å². The standard InChI is InChI=1S/C26H51N2O19P3/c1-7-22(31)42-15-19(47-23(32)8-2)16-46-50(40,41)45-13-12-28-20(29)14-24(3,4)44-18-25(5,6)43-17-21(30)27-11-9-10-26(33,48(34,35)36)49(37,38)39/h19,33H,7-18H2,1-6H3,(H,27,30)(H,28,29)(H,40,41)(H2,34,35,36)(H2,37,38,39). The minimum atomic E-state index is -5.60. The minimum absolute atomic E-state index is 0.00891. The molecule has 0 spiro atoms. The van der Waals surface area contributed by atoms with Crippen molar-refractivity contribution in [3.63, 3.8) is 0 Å². The maximum Gasteiger partial charge on any atom is 0.472 e. The lowest BCUT2D eigenvalue weighted by Gasteiger charge is -2.31. The second-order valence-corrected chi connectivity index (χ2v) is 17.5. The Kier molecular flexibility index (Phi) is 20.2. The molecule has 294 valence electrons. The summed E-state index contributed by atoms with van der Waals surface area (Å²) in [5.74, 6) is -2.40. The van der Waals surface area contributed by atoms with Gasteiger partial charge in [-0.15, -0.1) is 0 Å². The summed E-state index contributed by atoms with van der Waals surface area (Å²) in [4.78, 5) is 94.1. The first-order valence-corrected chi connectivity index (χ1v) is 20.0. The van der Waals surface area contributed by atoms with Gasteiger partial charge in [0.15, 0.2) is 6.10 Å². The zero-order chi connectivity index (χ0) is 39.0. The SMILES string of the molecule is CCC(=O)OCC(COP(=O)(O)OCCNC(=O)CC(C)(C)OCC(C)(C)OCC(=O)NCCCC(O)(P(=O)(O)O)P(=O)(O)O)OC(=O)CC. The molecule has 0 heterocycles. The number of nitrogens with one attached hydrogen (secondary N) is 2. The number of amides is 2. The summed E-state index contributed by atoms with van der Waals surface area (Å²) in [7, 11) is -15.8. The molecular formula is C26H51N2O19P3. The fourth-order valence-electron chi connectivity index (χ4n) is 3.48. The number of ether oxygens (including phenoxy) is 4. The maximum atomic E-state index is 12.4. The van der Waals surface area contributed by atoms with Crippen LogP contribution >= 0.6 is 23.0 Å². The molecule has 50 heavy (non-hydrogen) atoms. The van der Waals surface area contributed by atoms with Crippen LogP contribution in [0.3, 0.4) is 0 Å². The van der Waals surface area contributed by atoms with E-state index in [4.69, 9.17) is 47.6 Å². The van der Waals surface area contributed by atoms with Gasteiger partial charge in [-0.25, -0.2) is 4.57 Å². The second kappa shape index (κ2) is 21.0. The lowest BCUT2D eigenvalue weighted by Crippen LogP contribution is -2.42. The first-order valence-electron chi connectivity index (χ1n) is 15.3. The van der Waals surface area contributed by atoms with E-state index < -0.39 is 102 Å². The number of carbonyl (C=O) groups is 4. The van der Waals surface area contributed by atoms with E-state index in [2.05, 4.69) is 10.6 Å². The zero-order valence-corrected chi connectivity index (χ0v) is 31.6. The van der Waals surface area contributed by atoms with Gasteiger partial charge in [0.2, 0.25) is 11.8 Å². The Labute approximate surface area is 290 Å². The molecule has 2 amide bonds. The molecule has 0 aliphatic rings. The predicted octanol–water partition coefficient (Wildman–Crippen LogP) is 0.390. The van der Waals surface area contributed by atoms with Crippen molar-refractivity contribution in [1.82, 2.24) is 10.6 Å². The number of phosphoric ester groups is 1. The fourth-order valence-corrected chi connectivity index (χ4v) is 6.48. The van der Waals surface area contributed by atoms with Crippen molar-refractivity contribution in [2.75, 3.05) is 46.1 Å². The van der Waals surface area contributed by atoms with E-state index in [9.17, 15) is 42.9 Å². The molecule has 21 nitrogen and oxygen atoms in total. The van der Waals surface area contributed by atoms with Crippen molar-refractivity contribution < 1.29 is 90.4 Å². The van der Waals surface area contributed by atoms with Crippen LogP contribution in [-0.2, 0) is 60.9 Å². The van der Waals surface area contributed by atoms with Gasteiger partial charge in [-0.05, 0) is 34.1 Å². The zero-order valence-electron chi connectivity index (χ0n) is 28.9. The molecular weight excluding hydrogens is 737 g/mol. The Morgan fingerprint density at radius 3 is 1.84 bits per heavy atom. The maximum absolute atomic E-state index is 12.4. The van der Waals surface area contributed by atoms with Crippen LogP contribution in [0.1, 0.15) is 73.6 Å². The van der Waals surface area contributed by atoms with Gasteiger partial charge in [0.25, 0.3) is 5.08 Å². The van der Waals surface area contributed by atoms with Crippen LogP contribution in [0.2, 0.25) is 0 Å². The van der Waals surface area contributed by atoms with Crippen molar-refractivity contribution in [2.45, 2.75) is 96.0 Å². The molecule has 0 fully saturated rings. The predicted molar refractivity (Wildman–Crippen MR) is 172 cm³/mol. The van der Waals surface area contributed by atoms with Gasteiger partial charge < -0.3 is 59.2 Å². The largest absolute Gasteiger partial charge is 0.472 e. The van der Waals surface area contributed by atoms with E-state index in [1.807, 2.05) is 0 Å². The van der Waals surface area contributed by atoms with E-state index in [0.717, 1.165) is 0 Å². The summed E-state index contributed by atoms with van der Waals surface area (Å²) in [6.45, 7) is 7.01. The van der Waals surface area contributed by atoms with Crippen LogP contribution in [0.15, 0.2) is 0 Å². The number of carbonyl (C=O) groups excluding carboxylic acids is 4. The number of aliphatic hydroxyl groups is 1. The Balaban J connectivity index is 4.59. The molecule has 0 aromatic rings. The Morgan fingerprint density at radius 1 is 0.740 bits per heavy atom. The number of esters is 2. The Morgan fingerprint density at radius 2 is 1.30 bits per heavy atom. The first kappa shape index (κ1) is 48.2. The molecule has 0 aliphatic carbocycles. The molecule has 0 radical (unpaired) electrons. The summed E-state index contributed by atoms with van der Waals surface area (Å²) in [5.41, 5.74) is -2.09. The average molecular weight is 789 g/mol. The molecule has 2 unspecified atom stereocenters. The molecule has 0 aromatic carbocycles. The van der Waals surface area contributed by atoms with Crippen LogP contribution in [-0.4, -0.2) is 122 Å². The van der Waals surface area contributed by atoms with Crippen LogP contribution in [0.4, 0.5) is 0 Å². The van der Waals surface area contributed by atoms with Crippen LogP contribution in [0, 0.1) is 0 Å². The van der Waals surface area contributed by atoms with Crippen molar-refractivity contribution in [3.8, 4) is 0 Å². The Hall–Kier alpha value is -1.83. The summed E-state index contributed by atoms with van der Waals surface area (Å²) in [6.07, 6.45) is -2.60. The van der Waals surface area contributed by atoms with Gasteiger partial charge in [-0.1, -0.05) is 13.8 Å². The van der Waals surface area contributed by atoms with Crippen LogP contribution < -0.4 is 10.6 Å². The van der Waals surface area contributed by atoms with Crippen molar-refractivity contribution in [3.05, 3.63) is 0 Å². The van der Waals surface area contributed by atoms with Gasteiger partial charge >= 0.3 is 35.0 Å². The van der Waals surface area contributed by atoms with Crippen molar-refractivity contribution >= 4 is 46.8 Å². The molecule has 0 aliphatic heterocycles. The third-order valence-electron chi connectivity index (χ3n) is 6.34. The molecule has 0 bridgehead atoms. The fraction of sp³-hybridized carbons (Fsp3) is 0.846.